The molecule has 0 atom stereocenters. The van der Waals surface area contributed by atoms with Crippen LogP contribution in [0.1, 0.15) is 27.7 Å². The van der Waals surface area contributed by atoms with Crippen molar-refractivity contribution in [3.8, 4) is 0 Å². The third-order valence-corrected chi connectivity index (χ3v) is 7.83. The fraction of sp³-hybridized carbons (Fsp3) is 0.136. The molecule has 154 valence electrons. The average Bonchev–Trinajstić information content (AvgIpc) is 3.22. The number of rotatable bonds is 5. The van der Waals surface area contributed by atoms with Gasteiger partial charge in [-0.3, -0.25) is 9.10 Å². The van der Waals surface area contributed by atoms with Gasteiger partial charge in [0, 0.05) is 16.9 Å². The number of sulfonamides is 1. The number of aryl methyl sites for hydroxylation is 1. The minimum Gasteiger partial charge on any atom is -0.360 e. The largest absolute Gasteiger partial charge is 0.360 e. The molecule has 0 amide bonds. The number of Topliss-reactive ketones (excluding diaryl/α,β-unsaturated/α-hetero) is 1. The number of benzene rings is 2. The van der Waals surface area contributed by atoms with Gasteiger partial charge in [0.1, 0.15) is 4.88 Å². The van der Waals surface area contributed by atoms with Gasteiger partial charge in [-0.25, -0.2) is 8.42 Å². The van der Waals surface area contributed by atoms with Crippen LogP contribution in [0, 0.1) is 0 Å². The summed E-state index contributed by atoms with van der Waals surface area (Å²) in [5, 5.41) is 5.34. The number of para-hydroxylation sites is 1. The number of nitrogens with zero attached hydrogens (tertiary/aromatic N) is 1. The molecule has 0 aliphatic carbocycles. The van der Waals surface area contributed by atoms with Gasteiger partial charge in [-0.15, -0.1) is 11.3 Å². The van der Waals surface area contributed by atoms with Crippen LogP contribution in [-0.4, -0.2) is 14.2 Å². The first-order valence-corrected chi connectivity index (χ1v) is 12.1. The van der Waals surface area contributed by atoms with Crippen molar-refractivity contribution < 1.29 is 13.2 Å². The molecule has 8 heteroatoms. The van der Waals surface area contributed by atoms with Crippen molar-refractivity contribution in [3.05, 3.63) is 92.1 Å². The average molecular weight is 459 g/mol. The van der Waals surface area contributed by atoms with Gasteiger partial charge in [-0.2, -0.15) is 0 Å². The minimum absolute atomic E-state index is 0.111. The number of nitrogens with one attached hydrogen (secondary N) is 1. The topological polar surface area (TPSA) is 66.5 Å². The van der Waals surface area contributed by atoms with Crippen LogP contribution in [0.2, 0.25) is 5.02 Å². The van der Waals surface area contributed by atoms with E-state index in [0.717, 1.165) is 23.2 Å². The highest BCUT2D eigenvalue weighted by Crippen LogP contribution is 2.39. The van der Waals surface area contributed by atoms with Crippen molar-refractivity contribution in [1.82, 2.24) is 0 Å². The molecule has 30 heavy (non-hydrogen) atoms. The summed E-state index contributed by atoms with van der Waals surface area (Å²) in [5.41, 5.74) is 2.99. The van der Waals surface area contributed by atoms with E-state index in [1.807, 2.05) is 31.2 Å². The van der Waals surface area contributed by atoms with Gasteiger partial charge in [-0.05, 0) is 47.2 Å². The van der Waals surface area contributed by atoms with Gasteiger partial charge in [0.15, 0.2) is 4.91 Å². The van der Waals surface area contributed by atoms with Gasteiger partial charge in [0.05, 0.1) is 12.2 Å². The van der Waals surface area contributed by atoms with E-state index >= 15 is 0 Å². The summed E-state index contributed by atoms with van der Waals surface area (Å²) in [6, 6.07) is 16.3. The van der Waals surface area contributed by atoms with Crippen LogP contribution in [0.4, 0.5) is 11.4 Å². The fourth-order valence-electron chi connectivity index (χ4n) is 3.32. The van der Waals surface area contributed by atoms with E-state index in [2.05, 4.69) is 5.32 Å². The molecular formula is C22H19ClN2O3S2. The number of allylic oxidation sites excluding steroid dienone is 1. The third-order valence-electron chi connectivity index (χ3n) is 4.91. The number of thiophene rings is 1. The standard InChI is InChI=1S/C22H19ClN2O3S2/c1-2-16-5-3-4-6-18(16)24-13-20-21(26)22-19(11-12-29-22)25(30(20,27)28)14-15-7-9-17(23)10-8-15/h3-13,24H,2,14H2,1H3/b20-13-. The Bertz CT molecular complexity index is 1230. The van der Waals surface area contributed by atoms with Gasteiger partial charge in [0.25, 0.3) is 10.0 Å². The molecule has 3 aromatic rings. The molecule has 0 saturated heterocycles. The summed E-state index contributed by atoms with van der Waals surface area (Å²) >= 11 is 7.19. The molecule has 1 aliphatic rings. The van der Waals surface area contributed by atoms with Crippen LogP contribution in [-0.2, 0) is 23.0 Å². The maximum absolute atomic E-state index is 13.4. The van der Waals surface area contributed by atoms with Gasteiger partial charge >= 0.3 is 0 Å². The van der Waals surface area contributed by atoms with E-state index in [9.17, 15) is 13.2 Å². The summed E-state index contributed by atoms with van der Waals surface area (Å²) in [6.45, 7) is 2.13. The maximum atomic E-state index is 13.4. The lowest BCUT2D eigenvalue weighted by Gasteiger charge is -2.29. The molecule has 0 spiro atoms. The second-order valence-corrected chi connectivity index (χ2v) is 9.95. The molecule has 1 aromatic heterocycles. The van der Waals surface area contributed by atoms with Crippen molar-refractivity contribution in [3.63, 3.8) is 0 Å². The first-order chi connectivity index (χ1) is 14.4. The number of halogens is 1. The zero-order chi connectivity index (χ0) is 21.3. The van der Waals surface area contributed by atoms with E-state index in [1.54, 1.807) is 35.7 Å². The third kappa shape index (κ3) is 3.76. The molecule has 1 N–H and O–H groups in total. The Kier molecular flexibility index (Phi) is 5.69. The second kappa shape index (κ2) is 8.26. The Balaban J connectivity index is 1.75. The van der Waals surface area contributed by atoms with Crippen molar-refractivity contribution in [2.75, 3.05) is 9.62 Å². The van der Waals surface area contributed by atoms with Crippen molar-refractivity contribution in [1.29, 1.82) is 0 Å². The molecule has 0 saturated carbocycles. The van der Waals surface area contributed by atoms with E-state index in [1.165, 1.54) is 21.8 Å². The molecule has 0 fully saturated rings. The predicted octanol–water partition coefficient (Wildman–Crippen LogP) is 5.45. The summed E-state index contributed by atoms with van der Waals surface area (Å²) in [4.78, 5) is 13.1. The summed E-state index contributed by atoms with van der Waals surface area (Å²) in [6.07, 6.45) is 2.09. The van der Waals surface area contributed by atoms with Crippen LogP contribution < -0.4 is 9.62 Å². The highest BCUT2D eigenvalue weighted by atomic mass is 35.5. The Labute approximate surface area is 184 Å². The quantitative estimate of drug-likeness (QED) is 0.516. The van der Waals surface area contributed by atoms with Crippen molar-refractivity contribution in [2.45, 2.75) is 19.9 Å². The number of hydrogen-bond acceptors (Lipinski definition) is 5. The van der Waals surface area contributed by atoms with Crippen LogP contribution in [0.15, 0.2) is 71.1 Å². The van der Waals surface area contributed by atoms with Crippen LogP contribution in [0.25, 0.3) is 0 Å². The lowest BCUT2D eigenvalue weighted by molar-refractivity contribution is 0.104. The highest BCUT2D eigenvalue weighted by Gasteiger charge is 2.41. The van der Waals surface area contributed by atoms with Gasteiger partial charge in [0.2, 0.25) is 5.78 Å². The molecule has 0 bridgehead atoms. The Morgan fingerprint density at radius 3 is 2.57 bits per heavy atom. The minimum atomic E-state index is -4.04. The normalized spacial score (nSPS) is 16.5. The summed E-state index contributed by atoms with van der Waals surface area (Å²) in [7, 11) is -4.04. The Morgan fingerprint density at radius 2 is 1.83 bits per heavy atom. The highest BCUT2D eigenvalue weighted by molar-refractivity contribution is 7.97. The Morgan fingerprint density at radius 1 is 1.10 bits per heavy atom. The number of carbonyl (C=O) groups is 1. The number of fused-ring (bicyclic) bond motifs is 1. The number of ketones is 1. The fourth-order valence-corrected chi connectivity index (χ4v) is 5.93. The molecule has 2 aromatic carbocycles. The first-order valence-electron chi connectivity index (χ1n) is 9.36. The van der Waals surface area contributed by atoms with E-state index in [0.29, 0.717) is 15.6 Å². The summed E-state index contributed by atoms with van der Waals surface area (Å²) < 4.78 is 28.1. The molecule has 2 heterocycles. The first kappa shape index (κ1) is 20.7. The zero-order valence-corrected chi connectivity index (χ0v) is 18.5. The lowest BCUT2D eigenvalue weighted by Crippen LogP contribution is -2.38. The van der Waals surface area contributed by atoms with E-state index in [-0.39, 0.29) is 11.4 Å². The number of anilines is 2. The number of carbonyl (C=O) groups excluding carboxylic acids is 1. The monoisotopic (exact) mass is 458 g/mol. The van der Waals surface area contributed by atoms with Gasteiger partial charge in [-0.1, -0.05) is 48.9 Å². The molecule has 1 aliphatic heterocycles. The van der Waals surface area contributed by atoms with E-state index < -0.39 is 15.8 Å². The van der Waals surface area contributed by atoms with Crippen molar-refractivity contribution >= 4 is 50.1 Å². The van der Waals surface area contributed by atoms with Crippen LogP contribution in [0.3, 0.4) is 0 Å². The van der Waals surface area contributed by atoms with Crippen LogP contribution >= 0.6 is 22.9 Å². The maximum Gasteiger partial charge on any atom is 0.270 e. The molecule has 4 rings (SSSR count). The van der Waals surface area contributed by atoms with Gasteiger partial charge < -0.3 is 5.32 Å². The summed E-state index contributed by atoms with van der Waals surface area (Å²) in [5.74, 6) is -0.492. The molecule has 0 unspecified atom stereocenters. The number of hydrogen-bond donors (Lipinski definition) is 1. The second-order valence-electron chi connectivity index (χ2n) is 6.77. The smallest absolute Gasteiger partial charge is 0.270 e. The predicted molar refractivity (Wildman–Crippen MR) is 123 cm³/mol. The van der Waals surface area contributed by atoms with E-state index in [4.69, 9.17) is 11.6 Å². The zero-order valence-electron chi connectivity index (χ0n) is 16.1. The Hall–Kier alpha value is -2.61. The van der Waals surface area contributed by atoms with Crippen molar-refractivity contribution in [2.24, 2.45) is 0 Å². The van der Waals surface area contributed by atoms with Crippen LogP contribution in [0.5, 0.6) is 0 Å². The lowest BCUT2D eigenvalue weighted by atomic mass is 10.1. The molecule has 5 nitrogen and oxygen atoms in total. The SMILES string of the molecule is CCc1ccccc1N/C=C1/C(=O)c2sccc2N(Cc2ccc(Cl)cc2)S1(=O)=O. The molecule has 0 radical (unpaired) electrons. The molecular weight excluding hydrogens is 440 g/mol.